The minimum Gasteiger partial charge on any atom is -0.463 e. The molecular weight excluding hydrogens is 268 g/mol. The lowest BCUT2D eigenvalue weighted by atomic mass is 10.3. The van der Waals surface area contributed by atoms with Crippen LogP contribution in [0.1, 0.15) is 18.5 Å². The molecule has 21 heavy (non-hydrogen) atoms. The summed E-state index contributed by atoms with van der Waals surface area (Å²) in [6.07, 6.45) is 7.20. The number of hydrogen-bond donors (Lipinski definition) is 1. The van der Waals surface area contributed by atoms with Crippen molar-refractivity contribution in [2.75, 3.05) is 5.32 Å². The van der Waals surface area contributed by atoms with E-state index in [9.17, 15) is 4.79 Å². The molecule has 6 nitrogen and oxygen atoms in total. The van der Waals surface area contributed by atoms with Gasteiger partial charge in [0.1, 0.15) is 5.82 Å². The number of imidazole rings is 1. The maximum absolute atomic E-state index is 11.9. The molecule has 0 atom stereocenters. The fourth-order valence-electron chi connectivity index (χ4n) is 2.33. The highest BCUT2D eigenvalue weighted by molar-refractivity contribution is 5.93. The van der Waals surface area contributed by atoms with Crippen molar-refractivity contribution in [3.8, 4) is 11.5 Å². The summed E-state index contributed by atoms with van der Waals surface area (Å²) < 4.78 is 7.29. The van der Waals surface area contributed by atoms with Crippen LogP contribution in [0.4, 0.5) is 5.82 Å². The number of anilines is 1. The molecule has 1 saturated carbocycles. The number of carbonyl (C=O) groups is 1. The van der Waals surface area contributed by atoms with Crippen molar-refractivity contribution in [1.82, 2.24) is 14.4 Å². The van der Waals surface area contributed by atoms with Gasteiger partial charge < -0.3 is 14.1 Å². The maximum atomic E-state index is 11.9. The zero-order valence-electron chi connectivity index (χ0n) is 11.5. The van der Waals surface area contributed by atoms with Gasteiger partial charge in [0, 0.05) is 12.1 Å². The molecule has 3 heterocycles. The number of nitrogens with one attached hydrogen (secondary N) is 1. The molecule has 0 spiro atoms. The molecule has 0 unspecified atom stereocenters. The number of fused-ring (bicyclic) bond motifs is 1. The first-order valence-electron chi connectivity index (χ1n) is 6.92. The molecule has 0 saturated heterocycles. The minimum atomic E-state index is 0.0316. The Kier molecular flexibility index (Phi) is 2.57. The van der Waals surface area contributed by atoms with Crippen molar-refractivity contribution in [3.05, 3.63) is 36.5 Å². The number of aromatic nitrogens is 3. The first kappa shape index (κ1) is 12.1. The molecule has 1 N–H and O–H groups in total. The van der Waals surface area contributed by atoms with Gasteiger partial charge in [-0.25, -0.2) is 9.97 Å². The largest absolute Gasteiger partial charge is 0.463 e. The Morgan fingerprint density at radius 1 is 1.38 bits per heavy atom. The molecule has 4 rings (SSSR count). The summed E-state index contributed by atoms with van der Waals surface area (Å²) in [6.45, 7) is 1.92. The van der Waals surface area contributed by atoms with Crippen LogP contribution in [0.3, 0.4) is 0 Å². The molecule has 1 aliphatic rings. The Balaban J connectivity index is 1.82. The first-order chi connectivity index (χ1) is 10.2. The highest BCUT2D eigenvalue weighted by Gasteiger charge is 2.30. The van der Waals surface area contributed by atoms with Gasteiger partial charge in [0.2, 0.25) is 5.91 Å². The van der Waals surface area contributed by atoms with Crippen molar-refractivity contribution >= 4 is 17.4 Å². The number of amides is 1. The van der Waals surface area contributed by atoms with Gasteiger partial charge >= 0.3 is 0 Å². The van der Waals surface area contributed by atoms with Crippen molar-refractivity contribution in [2.24, 2.45) is 5.92 Å². The molecule has 1 fully saturated rings. The van der Waals surface area contributed by atoms with Crippen molar-refractivity contribution < 1.29 is 9.21 Å². The number of furan rings is 1. The van der Waals surface area contributed by atoms with Crippen LogP contribution in [-0.2, 0) is 4.79 Å². The molecule has 0 aromatic carbocycles. The first-order valence-corrected chi connectivity index (χ1v) is 6.92. The summed E-state index contributed by atoms with van der Waals surface area (Å²) in [5.41, 5.74) is 2.23. The predicted octanol–water partition coefficient (Wildman–Crippen LogP) is 2.65. The van der Waals surface area contributed by atoms with Crippen molar-refractivity contribution in [1.29, 1.82) is 0 Å². The van der Waals surface area contributed by atoms with Gasteiger partial charge in [0.15, 0.2) is 17.1 Å². The van der Waals surface area contributed by atoms with Gasteiger partial charge in [-0.05, 0) is 31.9 Å². The number of rotatable bonds is 3. The quantitative estimate of drug-likeness (QED) is 0.801. The number of hydrogen-bond acceptors (Lipinski definition) is 4. The summed E-state index contributed by atoms with van der Waals surface area (Å²) in [5, 5.41) is 2.87. The summed E-state index contributed by atoms with van der Waals surface area (Å²) >= 11 is 0. The normalized spacial score (nSPS) is 14.5. The Morgan fingerprint density at radius 3 is 2.95 bits per heavy atom. The van der Waals surface area contributed by atoms with Crippen LogP contribution < -0.4 is 5.32 Å². The van der Waals surface area contributed by atoms with Crippen LogP contribution in [0.15, 0.2) is 35.2 Å². The average Bonchev–Trinajstić information content (AvgIpc) is 3.03. The van der Waals surface area contributed by atoms with Crippen molar-refractivity contribution in [3.63, 3.8) is 0 Å². The van der Waals surface area contributed by atoms with E-state index in [1.165, 1.54) is 0 Å². The van der Waals surface area contributed by atoms with E-state index in [1.807, 2.05) is 23.6 Å². The molecule has 0 aliphatic heterocycles. The summed E-state index contributed by atoms with van der Waals surface area (Å²) in [5.74, 6) is 1.32. The van der Waals surface area contributed by atoms with E-state index in [1.54, 1.807) is 18.5 Å². The van der Waals surface area contributed by atoms with Crippen LogP contribution in [0.5, 0.6) is 0 Å². The predicted molar refractivity (Wildman–Crippen MR) is 76.8 cm³/mol. The highest BCUT2D eigenvalue weighted by Crippen LogP contribution is 2.30. The van der Waals surface area contributed by atoms with Crippen LogP contribution in [0, 0.1) is 12.8 Å². The van der Waals surface area contributed by atoms with Crippen LogP contribution in [-0.4, -0.2) is 20.3 Å². The molecular formula is C15H14N4O2. The Morgan fingerprint density at radius 2 is 2.24 bits per heavy atom. The second-order valence-corrected chi connectivity index (χ2v) is 5.33. The zero-order valence-corrected chi connectivity index (χ0v) is 11.5. The summed E-state index contributed by atoms with van der Waals surface area (Å²) in [7, 11) is 0. The van der Waals surface area contributed by atoms with Crippen molar-refractivity contribution in [2.45, 2.75) is 19.8 Å². The minimum absolute atomic E-state index is 0.0316. The van der Waals surface area contributed by atoms with Crippen LogP contribution >= 0.6 is 0 Å². The fraction of sp³-hybridized carbons (Fsp3) is 0.267. The fourth-order valence-corrected chi connectivity index (χ4v) is 2.33. The van der Waals surface area contributed by atoms with Gasteiger partial charge in [-0.2, -0.15) is 0 Å². The van der Waals surface area contributed by atoms with Gasteiger partial charge in [-0.15, -0.1) is 0 Å². The Hall–Kier alpha value is -2.63. The molecule has 6 heteroatoms. The lowest BCUT2D eigenvalue weighted by molar-refractivity contribution is -0.117. The number of nitrogens with zero attached hydrogens (tertiary/aromatic N) is 3. The average molecular weight is 282 g/mol. The van der Waals surface area contributed by atoms with E-state index >= 15 is 0 Å². The zero-order chi connectivity index (χ0) is 14.4. The number of aryl methyl sites for hydroxylation is 1. The van der Waals surface area contributed by atoms with Gasteiger partial charge in [-0.1, -0.05) is 0 Å². The van der Waals surface area contributed by atoms with E-state index in [2.05, 4.69) is 15.3 Å². The second kappa shape index (κ2) is 4.44. The third-order valence-corrected chi connectivity index (χ3v) is 3.51. The van der Waals surface area contributed by atoms with E-state index in [4.69, 9.17) is 4.42 Å². The molecule has 1 aliphatic carbocycles. The Bertz CT molecular complexity index is 816. The van der Waals surface area contributed by atoms with E-state index in [0.717, 1.165) is 18.5 Å². The smallest absolute Gasteiger partial charge is 0.228 e. The monoisotopic (exact) mass is 282 g/mol. The molecule has 3 aromatic heterocycles. The number of carbonyl (C=O) groups excluding carboxylic acids is 1. The van der Waals surface area contributed by atoms with E-state index in [0.29, 0.717) is 22.9 Å². The van der Waals surface area contributed by atoms with E-state index < -0.39 is 0 Å². The van der Waals surface area contributed by atoms with Crippen LogP contribution in [0.2, 0.25) is 0 Å². The molecule has 0 bridgehead atoms. The maximum Gasteiger partial charge on any atom is 0.228 e. The Labute approximate surface area is 120 Å². The molecule has 106 valence electrons. The lowest BCUT2D eigenvalue weighted by Gasteiger charge is -2.07. The summed E-state index contributed by atoms with van der Waals surface area (Å²) in [6, 6.07) is 3.64. The highest BCUT2D eigenvalue weighted by atomic mass is 16.3. The third-order valence-electron chi connectivity index (χ3n) is 3.51. The topological polar surface area (TPSA) is 72.4 Å². The van der Waals surface area contributed by atoms with Gasteiger partial charge in [0.25, 0.3) is 0 Å². The molecule has 1 amide bonds. The molecule has 3 aromatic rings. The molecule has 0 radical (unpaired) electrons. The van der Waals surface area contributed by atoms with E-state index in [-0.39, 0.29) is 11.8 Å². The lowest BCUT2D eigenvalue weighted by Crippen LogP contribution is -2.15. The van der Waals surface area contributed by atoms with Gasteiger partial charge in [-0.3, -0.25) is 4.79 Å². The summed E-state index contributed by atoms with van der Waals surface area (Å²) in [4.78, 5) is 20.9. The third kappa shape index (κ3) is 2.18. The second-order valence-electron chi connectivity index (χ2n) is 5.33. The standard InChI is InChI=1S/C15H14N4O2/c1-9-7-19-8-12(18-15(20)10-4-5-10)17-13(14(19)16-9)11-3-2-6-21-11/h2-3,6-8,10H,4-5H2,1H3,(H,18,20). The van der Waals surface area contributed by atoms with Gasteiger partial charge in [0.05, 0.1) is 18.2 Å². The SMILES string of the molecule is Cc1cn2cc(NC(=O)C3CC3)nc(-c3ccco3)c2n1. The van der Waals surface area contributed by atoms with Crippen LogP contribution in [0.25, 0.3) is 17.1 Å².